The Balaban J connectivity index is 1.42. The second kappa shape index (κ2) is 11.3. The predicted molar refractivity (Wildman–Crippen MR) is 124 cm³/mol. The van der Waals surface area contributed by atoms with E-state index in [0.29, 0.717) is 44.5 Å². The van der Waals surface area contributed by atoms with Crippen molar-refractivity contribution in [2.75, 3.05) is 31.2 Å². The number of carbonyl (C=O) groups excluding carboxylic acids is 2. The van der Waals surface area contributed by atoms with Crippen molar-refractivity contribution in [3.63, 3.8) is 0 Å². The van der Waals surface area contributed by atoms with E-state index in [9.17, 15) is 14.0 Å². The van der Waals surface area contributed by atoms with Crippen LogP contribution >= 0.6 is 11.8 Å². The molecule has 2 amide bonds. The molecule has 1 fully saturated rings. The normalized spacial score (nSPS) is 16.0. The first-order chi connectivity index (χ1) is 15.0. The third kappa shape index (κ3) is 6.55. The zero-order valence-electron chi connectivity index (χ0n) is 18.1. The number of likely N-dealkylation sites (tertiary alicyclic amines) is 1. The van der Waals surface area contributed by atoms with Gasteiger partial charge in [0, 0.05) is 23.0 Å². The average Bonchev–Trinajstić information content (AvgIpc) is 2.80. The minimum absolute atomic E-state index is 0.0157. The molecule has 3 rings (SSSR count). The number of benzene rings is 2. The first-order valence-corrected chi connectivity index (χ1v) is 11.9. The number of thioether (sulfide) groups is 1. The molecular weight excluding hydrogens is 413 g/mol. The average molecular weight is 444 g/mol. The van der Waals surface area contributed by atoms with Crippen LogP contribution in [0.2, 0.25) is 0 Å². The summed E-state index contributed by atoms with van der Waals surface area (Å²) in [6, 6.07) is 14.2. The Morgan fingerprint density at radius 1 is 1.16 bits per heavy atom. The van der Waals surface area contributed by atoms with Gasteiger partial charge in [-0.25, -0.2) is 4.39 Å². The molecule has 2 aromatic carbocycles. The van der Waals surface area contributed by atoms with Gasteiger partial charge in [0.25, 0.3) is 0 Å². The number of carbonyl (C=O) groups is 2. The molecule has 1 heterocycles. The Morgan fingerprint density at radius 3 is 2.61 bits per heavy atom. The number of amides is 2. The van der Waals surface area contributed by atoms with Crippen molar-refractivity contribution in [1.82, 2.24) is 10.2 Å². The molecule has 166 valence electrons. The van der Waals surface area contributed by atoms with E-state index in [2.05, 4.69) is 15.5 Å². The van der Waals surface area contributed by atoms with Gasteiger partial charge in [0.15, 0.2) is 0 Å². The summed E-state index contributed by atoms with van der Waals surface area (Å²) in [4.78, 5) is 28.4. The molecule has 0 spiro atoms. The van der Waals surface area contributed by atoms with E-state index >= 15 is 0 Å². The number of anilines is 1. The fourth-order valence-electron chi connectivity index (χ4n) is 3.83. The van der Waals surface area contributed by atoms with Crippen molar-refractivity contribution in [1.29, 1.82) is 0 Å². The minimum Gasteiger partial charge on any atom is -0.356 e. The summed E-state index contributed by atoms with van der Waals surface area (Å²) >= 11 is 1.64. The van der Waals surface area contributed by atoms with E-state index < -0.39 is 0 Å². The van der Waals surface area contributed by atoms with Gasteiger partial charge < -0.3 is 10.6 Å². The molecule has 0 bridgehead atoms. The van der Waals surface area contributed by atoms with Crippen molar-refractivity contribution in [2.24, 2.45) is 5.92 Å². The third-order valence-corrected chi connectivity index (χ3v) is 6.54. The molecule has 1 aliphatic heterocycles. The summed E-state index contributed by atoms with van der Waals surface area (Å²) in [5, 5.41) is 5.92. The van der Waals surface area contributed by atoms with Gasteiger partial charge in [-0.2, -0.15) is 0 Å². The Bertz CT molecular complexity index is 900. The molecule has 5 nitrogen and oxygen atoms in total. The third-order valence-electron chi connectivity index (χ3n) is 5.82. The Kier molecular flexibility index (Phi) is 8.49. The van der Waals surface area contributed by atoms with Crippen LogP contribution in [0.5, 0.6) is 0 Å². The molecule has 0 saturated carbocycles. The van der Waals surface area contributed by atoms with Gasteiger partial charge in [0.2, 0.25) is 11.8 Å². The number of piperidine rings is 1. The molecule has 1 atom stereocenters. The summed E-state index contributed by atoms with van der Waals surface area (Å²) in [5.41, 5.74) is 1.41. The second-order valence-corrected chi connectivity index (χ2v) is 8.72. The largest absolute Gasteiger partial charge is 0.356 e. The Labute approximate surface area is 187 Å². The maximum absolute atomic E-state index is 13.7. The second-order valence-electron chi connectivity index (χ2n) is 7.84. The molecule has 2 N–H and O–H groups in total. The summed E-state index contributed by atoms with van der Waals surface area (Å²) < 4.78 is 13.7. The monoisotopic (exact) mass is 443 g/mol. The fraction of sp³-hybridized carbons (Fsp3) is 0.417. The lowest BCUT2D eigenvalue weighted by Gasteiger charge is -2.34. The molecule has 0 radical (unpaired) electrons. The van der Waals surface area contributed by atoms with Gasteiger partial charge in [-0.3, -0.25) is 14.5 Å². The van der Waals surface area contributed by atoms with Crippen LogP contribution in [0.3, 0.4) is 0 Å². The predicted octanol–water partition coefficient (Wildman–Crippen LogP) is 3.95. The maximum atomic E-state index is 13.7. The van der Waals surface area contributed by atoms with Gasteiger partial charge >= 0.3 is 0 Å². The summed E-state index contributed by atoms with van der Waals surface area (Å²) in [6.07, 6.45) is 3.91. The van der Waals surface area contributed by atoms with Crippen molar-refractivity contribution < 1.29 is 14.0 Å². The molecule has 31 heavy (non-hydrogen) atoms. The van der Waals surface area contributed by atoms with Crippen LogP contribution in [-0.2, 0) is 16.0 Å². The highest BCUT2D eigenvalue weighted by Gasteiger charge is 2.29. The van der Waals surface area contributed by atoms with E-state index in [1.807, 2.05) is 37.4 Å². The van der Waals surface area contributed by atoms with E-state index in [0.717, 1.165) is 10.6 Å². The number of nitrogens with one attached hydrogen (secondary N) is 2. The summed E-state index contributed by atoms with van der Waals surface area (Å²) in [5.74, 6) is -0.323. The Morgan fingerprint density at radius 2 is 1.90 bits per heavy atom. The van der Waals surface area contributed by atoms with Crippen molar-refractivity contribution >= 4 is 29.3 Å². The van der Waals surface area contributed by atoms with Gasteiger partial charge in [-0.15, -0.1) is 11.8 Å². The number of hydrogen-bond donors (Lipinski definition) is 2. The highest BCUT2D eigenvalue weighted by atomic mass is 32.2. The lowest BCUT2D eigenvalue weighted by Crippen LogP contribution is -2.48. The van der Waals surface area contributed by atoms with Crippen LogP contribution in [-0.4, -0.2) is 48.6 Å². The molecule has 1 aliphatic rings. The van der Waals surface area contributed by atoms with E-state index in [-0.39, 0.29) is 29.6 Å². The molecule has 0 aromatic heterocycles. The van der Waals surface area contributed by atoms with Crippen LogP contribution < -0.4 is 10.6 Å². The van der Waals surface area contributed by atoms with Crippen molar-refractivity contribution in [2.45, 2.75) is 37.1 Å². The van der Waals surface area contributed by atoms with E-state index in [4.69, 9.17) is 0 Å². The fourth-order valence-corrected chi connectivity index (χ4v) is 4.29. The molecule has 7 heteroatoms. The quantitative estimate of drug-likeness (QED) is 0.607. The Hall–Kier alpha value is -2.38. The molecule has 0 aliphatic carbocycles. The highest BCUT2D eigenvalue weighted by Crippen LogP contribution is 2.22. The van der Waals surface area contributed by atoms with Gasteiger partial charge in [-0.05, 0) is 75.4 Å². The van der Waals surface area contributed by atoms with Gasteiger partial charge in [0.1, 0.15) is 5.82 Å². The highest BCUT2D eigenvalue weighted by molar-refractivity contribution is 7.98. The van der Waals surface area contributed by atoms with Crippen LogP contribution in [0.4, 0.5) is 10.1 Å². The number of nitrogens with zero attached hydrogens (tertiary/aromatic N) is 1. The van der Waals surface area contributed by atoms with E-state index in [1.165, 1.54) is 6.07 Å². The summed E-state index contributed by atoms with van der Waals surface area (Å²) in [6.45, 7) is 3.73. The lowest BCUT2D eigenvalue weighted by atomic mass is 9.94. The number of halogens is 1. The van der Waals surface area contributed by atoms with Crippen molar-refractivity contribution in [3.8, 4) is 0 Å². The van der Waals surface area contributed by atoms with Crippen molar-refractivity contribution in [3.05, 3.63) is 59.9 Å². The lowest BCUT2D eigenvalue weighted by molar-refractivity contribution is -0.127. The smallest absolute Gasteiger partial charge is 0.241 e. The summed E-state index contributed by atoms with van der Waals surface area (Å²) in [7, 11) is 0. The molecule has 1 saturated heterocycles. The molecule has 1 unspecified atom stereocenters. The molecule has 2 aromatic rings. The van der Waals surface area contributed by atoms with Gasteiger partial charge in [0.05, 0.1) is 6.04 Å². The first kappa shape index (κ1) is 23.3. The molecular formula is C24H30FN3O2S. The van der Waals surface area contributed by atoms with Crippen LogP contribution in [0.25, 0.3) is 0 Å². The zero-order valence-corrected chi connectivity index (χ0v) is 18.9. The van der Waals surface area contributed by atoms with Crippen LogP contribution in [0.15, 0.2) is 53.4 Å². The first-order valence-electron chi connectivity index (χ1n) is 10.7. The standard InChI is InChI=1S/C24H30FN3O2S/c1-17(23(29)27-20-7-5-8-21(16-20)31-2)28-14-11-19(12-15-28)24(30)26-13-10-18-6-3-4-9-22(18)25/h3-9,16-17,19H,10-15H2,1-2H3,(H,26,30)(H,27,29). The number of rotatable bonds is 8. The zero-order chi connectivity index (χ0) is 22.2. The van der Waals surface area contributed by atoms with Crippen LogP contribution in [0, 0.1) is 11.7 Å². The maximum Gasteiger partial charge on any atom is 0.241 e. The topological polar surface area (TPSA) is 61.4 Å². The SMILES string of the molecule is CSc1cccc(NC(=O)C(C)N2CCC(C(=O)NCCc3ccccc3F)CC2)c1. The van der Waals surface area contributed by atoms with Crippen LogP contribution in [0.1, 0.15) is 25.3 Å². The minimum atomic E-state index is -0.261. The number of hydrogen-bond acceptors (Lipinski definition) is 4. The van der Waals surface area contributed by atoms with Gasteiger partial charge in [-0.1, -0.05) is 24.3 Å². The van der Waals surface area contributed by atoms with E-state index in [1.54, 1.807) is 30.0 Å².